The normalized spacial score (nSPS) is 21.0. The molecular weight excluding hydrogens is 326 g/mol. The van der Waals surface area contributed by atoms with Crippen molar-refractivity contribution in [3.63, 3.8) is 0 Å². The van der Waals surface area contributed by atoms with Gasteiger partial charge in [-0.1, -0.05) is 25.7 Å². The second kappa shape index (κ2) is 13.4. The first-order valence-corrected chi connectivity index (χ1v) is 11.1. The van der Waals surface area contributed by atoms with E-state index >= 15 is 0 Å². The van der Waals surface area contributed by atoms with Crippen molar-refractivity contribution in [1.29, 1.82) is 0 Å². The molecule has 0 aromatic rings. The van der Waals surface area contributed by atoms with Crippen LogP contribution >= 0.6 is 0 Å². The van der Waals surface area contributed by atoms with Crippen molar-refractivity contribution >= 4 is 5.96 Å². The SMILES string of the molecule is CCNC(=NCCCCOC1CCCCCC1)N1CCC(OCC)CC1. The van der Waals surface area contributed by atoms with E-state index in [-0.39, 0.29) is 0 Å². The van der Waals surface area contributed by atoms with Crippen LogP contribution in [0.4, 0.5) is 0 Å². The Labute approximate surface area is 160 Å². The Morgan fingerprint density at radius 3 is 2.27 bits per heavy atom. The van der Waals surface area contributed by atoms with Crippen LogP contribution in [0.5, 0.6) is 0 Å². The van der Waals surface area contributed by atoms with Gasteiger partial charge in [-0.15, -0.1) is 0 Å². The van der Waals surface area contributed by atoms with Gasteiger partial charge in [0.1, 0.15) is 0 Å². The second-order valence-electron chi connectivity index (χ2n) is 7.57. The average molecular weight is 368 g/mol. The molecule has 1 saturated heterocycles. The first-order chi connectivity index (χ1) is 12.8. The summed E-state index contributed by atoms with van der Waals surface area (Å²) in [6, 6.07) is 0. The molecule has 0 spiro atoms. The summed E-state index contributed by atoms with van der Waals surface area (Å²) in [5.41, 5.74) is 0. The van der Waals surface area contributed by atoms with Crippen LogP contribution in [0, 0.1) is 0 Å². The number of hydrogen-bond acceptors (Lipinski definition) is 3. The lowest BCUT2D eigenvalue weighted by molar-refractivity contribution is 0.0263. The number of nitrogens with one attached hydrogen (secondary N) is 1. The number of aliphatic imine (C=N–C) groups is 1. The molecule has 0 aromatic carbocycles. The van der Waals surface area contributed by atoms with Crippen LogP contribution in [0.2, 0.25) is 0 Å². The third kappa shape index (κ3) is 8.26. The fourth-order valence-electron chi connectivity index (χ4n) is 3.95. The molecule has 5 nitrogen and oxygen atoms in total. The lowest BCUT2D eigenvalue weighted by Crippen LogP contribution is -2.47. The van der Waals surface area contributed by atoms with Gasteiger partial charge in [0.25, 0.3) is 0 Å². The van der Waals surface area contributed by atoms with Crippen LogP contribution in [0.15, 0.2) is 4.99 Å². The predicted octanol–water partition coefficient (Wildman–Crippen LogP) is 3.97. The van der Waals surface area contributed by atoms with Crippen LogP contribution in [-0.2, 0) is 9.47 Å². The van der Waals surface area contributed by atoms with Crippen molar-refractivity contribution in [2.24, 2.45) is 4.99 Å². The van der Waals surface area contributed by atoms with E-state index in [4.69, 9.17) is 14.5 Å². The number of likely N-dealkylation sites (tertiary alicyclic amines) is 1. The lowest BCUT2D eigenvalue weighted by atomic mass is 10.1. The van der Waals surface area contributed by atoms with Gasteiger partial charge in [-0.25, -0.2) is 0 Å². The zero-order chi connectivity index (χ0) is 18.5. The van der Waals surface area contributed by atoms with E-state index in [0.29, 0.717) is 12.2 Å². The van der Waals surface area contributed by atoms with Crippen molar-refractivity contribution in [3.8, 4) is 0 Å². The maximum absolute atomic E-state index is 6.08. The first-order valence-electron chi connectivity index (χ1n) is 11.1. The summed E-state index contributed by atoms with van der Waals surface area (Å²) in [6.07, 6.45) is 13.4. The molecule has 2 fully saturated rings. The van der Waals surface area contributed by atoms with Crippen molar-refractivity contribution in [2.45, 2.75) is 90.3 Å². The number of rotatable bonds is 9. The zero-order valence-corrected chi connectivity index (χ0v) is 17.2. The van der Waals surface area contributed by atoms with Gasteiger partial charge < -0.3 is 19.7 Å². The van der Waals surface area contributed by atoms with E-state index in [1.807, 2.05) is 0 Å². The Hall–Kier alpha value is -0.810. The van der Waals surface area contributed by atoms with Gasteiger partial charge in [-0.05, 0) is 52.4 Å². The maximum Gasteiger partial charge on any atom is 0.193 e. The van der Waals surface area contributed by atoms with Gasteiger partial charge in [0.05, 0.1) is 12.2 Å². The molecule has 1 heterocycles. The number of unbranched alkanes of at least 4 members (excludes halogenated alkanes) is 1. The number of guanidine groups is 1. The molecule has 1 aliphatic carbocycles. The number of ether oxygens (including phenoxy) is 2. The van der Waals surface area contributed by atoms with Gasteiger partial charge >= 0.3 is 0 Å². The molecule has 1 aliphatic heterocycles. The fourth-order valence-corrected chi connectivity index (χ4v) is 3.95. The van der Waals surface area contributed by atoms with Crippen molar-refractivity contribution in [2.75, 3.05) is 39.4 Å². The van der Waals surface area contributed by atoms with Gasteiger partial charge in [-0.3, -0.25) is 4.99 Å². The molecule has 5 heteroatoms. The standard InChI is InChI=1S/C21H41N3O2/c1-3-22-21(24-16-13-20(14-17-24)25-4-2)23-15-9-10-18-26-19-11-7-5-6-8-12-19/h19-20H,3-18H2,1-2H3,(H,22,23). The predicted molar refractivity (Wildman–Crippen MR) is 109 cm³/mol. The molecular formula is C21H41N3O2. The zero-order valence-electron chi connectivity index (χ0n) is 17.2. The summed E-state index contributed by atoms with van der Waals surface area (Å²) in [5.74, 6) is 1.08. The second-order valence-corrected chi connectivity index (χ2v) is 7.57. The van der Waals surface area contributed by atoms with Gasteiger partial charge in [-0.2, -0.15) is 0 Å². The number of piperidine rings is 1. The Bertz CT molecular complexity index is 373. The molecule has 0 aromatic heterocycles. The maximum atomic E-state index is 6.08. The molecule has 0 unspecified atom stereocenters. The molecule has 1 saturated carbocycles. The summed E-state index contributed by atoms with van der Waals surface area (Å²) < 4.78 is 11.8. The molecule has 26 heavy (non-hydrogen) atoms. The smallest absolute Gasteiger partial charge is 0.193 e. The molecule has 0 atom stereocenters. The minimum Gasteiger partial charge on any atom is -0.378 e. The minimum absolute atomic E-state index is 0.431. The molecule has 0 bridgehead atoms. The van der Waals surface area contributed by atoms with Crippen LogP contribution in [0.25, 0.3) is 0 Å². The Kier molecular flexibility index (Phi) is 11.1. The van der Waals surface area contributed by atoms with Crippen LogP contribution in [0.1, 0.15) is 78.1 Å². The lowest BCUT2D eigenvalue weighted by Gasteiger charge is -2.34. The summed E-state index contributed by atoms with van der Waals surface area (Å²) >= 11 is 0. The van der Waals surface area contributed by atoms with Crippen LogP contribution < -0.4 is 5.32 Å². The highest BCUT2D eigenvalue weighted by Gasteiger charge is 2.21. The van der Waals surface area contributed by atoms with Crippen molar-refractivity contribution in [1.82, 2.24) is 10.2 Å². The highest BCUT2D eigenvalue weighted by molar-refractivity contribution is 5.80. The first kappa shape index (κ1) is 21.5. The molecule has 2 aliphatic rings. The summed E-state index contributed by atoms with van der Waals surface area (Å²) in [5, 5.41) is 3.45. The Morgan fingerprint density at radius 2 is 1.62 bits per heavy atom. The topological polar surface area (TPSA) is 46.1 Å². The monoisotopic (exact) mass is 367 g/mol. The van der Waals surface area contributed by atoms with E-state index in [2.05, 4.69) is 24.1 Å². The van der Waals surface area contributed by atoms with Crippen LogP contribution in [0.3, 0.4) is 0 Å². The number of hydrogen-bond donors (Lipinski definition) is 1. The minimum atomic E-state index is 0.431. The van der Waals surface area contributed by atoms with Gasteiger partial charge in [0.2, 0.25) is 0 Å². The van der Waals surface area contributed by atoms with Crippen molar-refractivity contribution in [3.05, 3.63) is 0 Å². The Morgan fingerprint density at radius 1 is 0.923 bits per heavy atom. The average Bonchev–Trinajstić information content (AvgIpc) is 2.93. The van der Waals surface area contributed by atoms with E-state index < -0.39 is 0 Å². The largest absolute Gasteiger partial charge is 0.378 e. The van der Waals surface area contributed by atoms with Gasteiger partial charge in [0, 0.05) is 39.4 Å². The summed E-state index contributed by atoms with van der Waals surface area (Å²) in [6.45, 7) is 9.85. The molecule has 1 N–H and O–H groups in total. The third-order valence-electron chi connectivity index (χ3n) is 5.45. The highest BCUT2D eigenvalue weighted by atomic mass is 16.5. The third-order valence-corrected chi connectivity index (χ3v) is 5.45. The van der Waals surface area contributed by atoms with E-state index in [1.54, 1.807) is 0 Å². The van der Waals surface area contributed by atoms with Crippen molar-refractivity contribution < 1.29 is 9.47 Å². The van der Waals surface area contributed by atoms with E-state index in [0.717, 1.165) is 71.0 Å². The fraction of sp³-hybridized carbons (Fsp3) is 0.952. The molecule has 152 valence electrons. The van der Waals surface area contributed by atoms with E-state index in [1.165, 1.54) is 38.5 Å². The summed E-state index contributed by atoms with van der Waals surface area (Å²) in [7, 11) is 0. The van der Waals surface area contributed by atoms with Gasteiger partial charge in [0.15, 0.2) is 5.96 Å². The summed E-state index contributed by atoms with van der Waals surface area (Å²) in [4.78, 5) is 7.23. The van der Waals surface area contributed by atoms with Crippen LogP contribution in [-0.4, -0.2) is 62.5 Å². The molecule has 0 radical (unpaired) electrons. The number of nitrogens with zero attached hydrogens (tertiary/aromatic N) is 2. The molecule has 2 rings (SSSR count). The highest BCUT2D eigenvalue weighted by Crippen LogP contribution is 2.20. The van der Waals surface area contributed by atoms with E-state index in [9.17, 15) is 0 Å². The quantitative estimate of drug-likeness (QED) is 0.290. The Balaban J connectivity index is 1.62. The molecule has 0 amide bonds.